The van der Waals surface area contributed by atoms with Crippen LogP contribution in [0.1, 0.15) is 19.4 Å². The molecule has 2 radical (unpaired) electrons. The Hall–Kier alpha value is -2.22. The summed E-state index contributed by atoms with van der Waals surface area (Å²) in [5.74, 6) is 1.28. The lowest BCUT2D eigenvalue weighted by atomic mass is 10.0. The highest BCUT2D eigenvalue weighted by molar-refractivity contribution is 5.46. The van der Waals surface area contributed by atoms with Crippen LogP contribution in [0.4, 0.5) is 0 Å². The van der Waals surface area contributed by atoms with Crippen molar-refractivity contribution < 1.29 is 0 Å². The summed E-state index contributed by atoms with van der Waals surface area (Å²) in [5.41, 5.74) is 4.96. The first-order chi connectivity index (χ1) is 10.2. The molecule has 1 aromatic carbocycles. The van der Waals surface area contributed by atoms with Crippen LogP contribution in [0.5, 0.6) is 0 Å². The number of nitrogens with zero attached hydrogens (tertiary/aromatic N) is 1. The maximum absolute atomic E-state index is 3.31. The minimum absolute atomic E-state index is 0.926. The van der Waals surface area contributed by atoms with E-state index in [4.69, 9.17) is 0 Å². The van der Waals surface area contributed by atoms with Crippen LogP contribution in [-0.4, -0.2) is 4.90 Å². The lowest BCUT2D eigenvalue weighted by Gasteiger charge is -2.35. The normalized spacial score (nSPS) is 16.9. The van der Waals surface area contributed by atoms with Crippen LogP contribution < -0.4 is 5.32 Å². The van der Waals surface area contributed by atoms with Crippen LogP contribution in [0.15, 0.2) is 77.9 Å². The van der Waals surface area contributed by atoms with Gasteiger partial charge in [-0.3, -0.25) is 0 Å². The van der Waals surface area contributed by atoms with Crippen LogP contribution in [0.2, 0.25) is 0 Å². The summed E-state index contributed by atoms with van der Waals surface area (Å²) in [6.07, 6.45) is 11.4. The molecular formula is C19H20N2. The molecule has 3 rings (SSSR count). The molecule has 0 spiro atoms. The van der Waals surface area contributed by atoms with Crippen molar-refractivity contribution in [1.29, 1.82) is 0 Å². The van der Waals surface area contributed by atoms with Gasteiger partial charge < -0.3 is 10.2 Å². The molecule has 0 aromatic heterocycles. The molecule has 1 aromatic rings. The van der Waals surface area contributed by atoms with Crippen molar-refractivity contribution in [3.05, 3.63) is 96.0 Å². The second-order valence-corrected chi connectivity index (χ2v) is 5.53. The highest BCUT2D eigenvalue weighted by Crippen LogP contribution is 2.31. The first-order valence-corrected chi connectivity index (χ1v) is 7.27. The van der Waals surface area contributed by atoms with Crippen molar-refractivity contribution in [2.45, 2.75) is 20.3 Å². The molecular weight excluding hydrogens is 256 g/mol. The molecule has 21 heavy (non-hydrogen) atoms. The topological polar surface area (TPSA) is 15.3 Å². The number of dihydropyridines is 1. The van der Waals surface area contributed by atoms with Gasteiger partial charge in [-0.2, -0.15) is 0 Å². The van der Waals surface area contributed by atoms with Crippen LogP contribution in [-0.2, 0) is 6.42 Å². The van der Waals surface area contributed by atoms with E-state index < -0.39 is 0 Å². The van der Waals surface area contributed by atoms with Gasteiger partial charge in [-0.15, -0.1) is 0 Å². The smallest absolute Gasteiger partial charge is 0.0651 e. The maximum atomic E-state index is 3.31. The molecule has 2 heteroatoms. The van der Waals surface area contributed by atoms with Crippen molar-refractivity contribution in [1.82, 2.24) is 10.2 Å². The van der Waals surface area contributed by atoms with Gasteiger partial charge in [0, 0.05) is 18.3 Å². The molecule has 0 saturated carbocycles. The van der Waals surface area contributed by atoms with E-state index in [2.05, 4.69) is 79.2 Å². The highest BCUT2D eigenvalue weighted by atomic mass is 15.2. The summed E-state index contributed by atoms with van der Waals surface area (Å²) in [5, 5.41) is 3.31. The van der Waals surface area contributed by atoms with Crippen LogP contribution in [0.3, 0.4) is 0 Å². The van der Waals surface area contributed by atoms with E-state index in [1.165, 1.54) is 22.9 Å². The summed E-state index contributed by atoms with van der Waals surface area (Å²) in [4.78, 5) is 2.29. The van der Waals surface area contributed by atoms with Crippen molar-refractivity contribution in [3.8, 4) is 0 Å². The first kappa shape index (κ1) is 13.7. The molecule has 0 unspecified atom stereocenters. The SMILES string of the molecule is C[C](C)[CH]N1C(Cc2ccccc2)=CC=C2NC=CC=C21. The molecule has 0 saturated heterocycles. The third kappa shape index (κ3) is 3.10. The maximum Gasteiger partial charge on any atom is 0.0651 e. The number of benzene rings is 1. The molecule has 0 amide bonds. The number of nitrogens with one attached hydrogen (secondary N) is 1. The van der Waals surface area contributed by atoms with Crippen LogP contribution in [0.25, 0.3) is 0 Å². The van der Waals surface area contributed by atoms with Gasteiger partial charge in [0.05, 0.1) is 17.9 Å². The molecule has 0 fully saturated rings. The van der Waals surface area contributed by atoms with E-state index in [-0.39, 0.29) is 0 Å². The Balaban J connectivity index is 1.90. The van der Waals surface area contributed by atoms with Gasteiger partial charge in [0.1, 0.15) is 0 Å². The molecule has 2 nitrogen and oxygen atoms in total. The van der Waals surface area contributed by atoms with Crippen molar-refractivity contribution in [2.24, 2.45) is 0 Å². The Morgan fingerprint density at radius 1 is 1.10 bits per heavy atom. The van der Waals surface area contributed by atoms with Gasteiger partial charge in [0.15, 0.2) is 0 Å². The van der Waals surface area contributed by atoms with E-state index in [9.17, 15) is 0 Å². The quantitative estimate of drug-likeness (QED) is 0.891. The fourth-order valence-electron chi connectivity index (χ4n) is 2.56. The minimum Gasteiger partial charge on any atom is -0.360 e. The molecule has 1 N–H and O–H groups in total. The number of rotatable bonds is 4. The summed E-state index contributed by atoms with van der Waals surface area (Å²) < 4.78 is 0. The van der Waals surface area contributed by atoms with Gasteiger partial charge >= 0.3 is 0 Å². The second-order valence-electron chi connectivity index (χ2n) is 5.53. The molecule has 106 valence electrons. The van der Waals surface area contributed by atoms with E-state index >= 15 is 0 Å². The third-order valence-electron chi connectivity index (χ3n) is 3.49. The van der Waals surface area contributed by atoms with E-state index in [0.29, 0.717) is 0 Å². The minimum atomic E-state index is 0.926. The number of hydrogen-bond acceptors (Lipinski definition) is 2. The van der Waals surface area contributed by atoms with E-state index in [1.54, 1.807) is 0 Å². The van der Waals surface area contributed by atoms with E-state index in [0.717, 1.165) is 12.1 Å². The third-order valence-corrected chi connectivity index (χ3v) is 3.49. The first-order valence-electron chi connectivity index (χ1n) is 7.27. The van der Waals surface area contributed by atoms with Crippen LogP contribution >= 0.6 is 0 Å². The van der Waals surface area contributed by atoms with Gasteiger partial charge in [-0.05, 0) is 35.8 Å². The number of allylic oxidation sites excluding steroid dienone is 5. The highest BCUT2D eigenvalue weighted by Gasteiger charge is 2.23. The van der Waals surface area contributed by atoms with Crippen molar-refractivity contribution >= 4 is 0 Å². The molecule has 2 aliphatic heterocycles. The van der Waals surface area contributed by atoms with Gasteiger partial charge in [0.2, 0.25) is 0 Å². The van der Waals surface area contributed by atoms with Gasteiger partial charge in [-0.1, -0.05) is 44.2 Å². The predicted molar refractivity (Wildman–Crippen MR) is 87.4 cm³/mol. The zero-order valence-corrected chi connectivity index (χ0v) is 12.5. The summed E-state index contributed by atoms with van der Waals surface area (Å²) in [6.45, 7) is 6.46. The van der Waals surface area contributed by atoms with Crippen molar-refractivity contribution in [2.75, 3.05) is 0 Å². The summed E-state index contributed by atoms with van der Waals surface area (Å²) in [6, 6.07) is 10.6. The van der Waals surface area contributed by atoms with Gasteiger partial charge in [0.25, 0.3) is 0 Å². The monoisotopic (exact) mass is 276 g/mol. The van der Waals surface area contributed by atoms with Crippen LogP contribution in [0, 0.1) is 12.5 Å². The number of hydrogen-bond donors (Lipinski definition) is 1. The fourth-order valence-corrected chi connectivity index (χ4v) is 2.56. The van der Waals surface area contributed by atoms with Crippen molar-refractivity contribution in [3.63, 3.8) is 0 Å². The summed E-state index contributed by atoms with van der Waals surface area (Å²) >= 11 is 0. The molecule has 0 atom stereocenters. The zero-order valence-electron chi connectivity index (χ0n) is 12.5. The standard InChI is InChI=1S/C19H20N2/c1-15(2)14-21-17(13-16-7-4-3-5-8-16)10-11-18-19(21)9-6-12-20-18/h3-12,14,20H,13H2,1-2H3. The molecule has 0 aliphatic carbocycles. The predicted octanol–water partition coefficient (Wildman–Crippen LogP) is 4.09. The fraction of sp³-hybridized carbons (Fsp3) is 0.158. The summed E-state index contributed by atoms with van der Waals surface area (Å²) in [7, 11) is 0. The number of fused-ring (bicyclic) bond motifs is 1. The van der Waals surface area contributed by atoms with E-state index in [1.807, 2.05) is 12.3 Å². The molecule has 2 aliphatic rings. The Morgan fingerprint density at radius 3 is 2.67 bits per heavy atom. The zero-order chi connectivity index (χ0) is 14.7. The average Bonchev–Trinajstić information content (AvgIpc) is 2.50. The molecule has 0 bridgehead atoms. The van der Waals surface area contributed by atoms with Gasteiger partial charge in [-0.25, -0.2) is 0 Å². The lowest BCUT2D eigenvalue weighted by Crippen LogP contribution is -2.30. The molecule has 2 heterocycles. The second kappa shape index (κ2) is 6.04. The Labute approximate surface area is 127 Å². The Morgan fingerprint density at radius 2 is 1.90 bits per heavy atom. The Kier molecular flexibility index (Phi) is 3.96. The average molecular weight is 276 g/mol. The lowest BCUT2D eigenvalue weighted by molar-refractivity contribution is 0.491. The largest absolute Gasteiger partial charge is 0.360 e. The Bertz CT molecular complexity index is 618.